The van der Waals surface area contributed by atoms with E-state index in [4.69, 9.17) is 10.5 Å². The summed E-state index contributed by atoms with van der Waals surface area (Å²) in [5, 5.41) is 11.0. The first kappa shape index (κ1) is 24.3. The second-order valence-corrected chi connectivity index (χ2v) is 11.7. The lowest BCUT2D eigenvalue weighted by Crippen LogP contribution is -2.42. The molecule has 0 saturated carbocycles. The van der Waals surface area contributed by atoms with Crippen molar-refractivity contribution in [1.82, 2.24) is 0 Å². The van der Waals surface area contributed by atoms with Crippen molar-refractivity contribution in [3.05, 3.63) is 74.6 Å². The number of carbonyl (C=O) groups excluding carboxylic acids is 2. The molecular formula is C29H31N3O3S. The Morgan fingerprint density at radius 3 is 2.58 bits per heavy atom. The molecule has 5 rings (SSSR count). The highest BCUT2D eigenvalue weighted by Gasteiger charge is 2.46. The molecule has 2 aliphatic carbocycles. The lowest BCUT2D eigenvalue weighted by molar-refractivity contribution is -0.118. The number of Topliss-reactive ketones (excluding diaryl/α,β-unsaturated/α-hetero) is 1. The summed E-state index contributed by atoms with van der Waals surface area (Å²) in [4.78, 5) is 29.9. The van der Waals surface area contributed by atoms with E-state index in [1.165, 1.54) is 12.0 Å². The molecule has 2 heterocycles. The molecule has 1 aromatic carbocycles. The summed E-state index contributed by atoms with van der Waals surface area (Å²) in [6, 6.07) is 11.9. The largest absolute Gasteiger partial charge is 0.465 e. The van der Waals surface area contributed by atoms with Crippen LogP contribution in [0, 0.1) is 16.7 Å². The maximum Gasteiger partial charge on any atom is 0.341 e. The number of ether oxygens (including phenoxy) is 1. The zero-order chi connectivity index (χ0) is 25.6. The summed E-state index contributed by atoms with van der Waals surface area (Å²) < 4.78 is 5.25. The molecule has 1 aliphatic heterocycles. The van der Waals surface area contributed by atoms with Crippen LogP contribution in [-0.4, -0.2) is 18.9 Å². The van der Waals surface area contributed by atoms with Crippen LogP contribution in [0.15, 0.2) is 53.0 Å². The van der Waals surface area contributed by atoms with Gasteiger partial charge in [0.1, 0.15) is 10.8 Å². The molecule has 0 bridgehead atoms. The molecule has 6 nitrogen and oxygen atoms in total. The van der Waals surface area contributed by atoms with E-state index >= 15 is 0 Å². The molecule has 186 valence electrons. The maximum atomic E-state index is 13.7. The number of benzene rings is 1. The van der Waals surface area contributed by atoms with E-state index < -0.39 is 11.9 Å². The van der Waals surface area contributed by atoms with Crippen molar-refractivity contribution in [2.24, 2.45) is 11.1 Å². The van der Waals surface area contributed by atoms with Crippen LogP contribution in [0.3, 0.4) is 0 Å². The summed E-state index contributed by atoms with van der Waals surface area (Å²) in [5.41, 5.74) is 10.7. The van der Waals surface area contributed by atoms with Crippen LogP contribution in [0.25, 0.3) is 0 Å². The predicted molar refractivity (Wildman–Crippen MR) is 140 cm³/mol. The van der Waals surface area contributed by atoms with Crippen LogP contribution < -0.4 is 10.6 Å². The highest BCUT2D eigenvalue weighted by Crippen LogP contribution is 2.52. The second-order valence-electron chi connectivity index (χ2n) is 10.6. The number of ketones is 1. The average Bonchev–Trinajstić information content (AvgIpc) is 3.04. The first-order valence-electron chi connectivity index (χ1n) is 12.5. The fraction of sp³-hybridized carbons (Fsp3) is 0.414. The number of esters is 1. The molecule has 0 radical (unpaired) electrons. The number of fused-ring (bicyclic) bond motifs is 1. The fourth-order valence-electron chi connectivity index (χ4n) is 5.92. The monoisotopic (exact) mass is 501 g/mol. The molecule has 36 heavy (non-hydrogen) atoms. The molecule has 2 N–H and O–H groups in total. The summed E-state index contributed by atoms with van der Waals surface area (Å²) in [6.45, 7) is 4.16. The molecule has 0 spiro atoms. The van der Waals surface area contributed by atoms with Gasteiger partial charge in [-0.15, -0.1) is 11.3 Å². The van der Waals surface area contributed by atoms with Crippen molar-refractivity contribution in [3.8, 4) is 6.07 Å². The molecule has 1 atom stereocenters. The van der Waals surface area contributed by atoms with Gasteiger partial charge in [-0.3, -0.25) is 9.69 Å². The fourth-order valence-corrected chi connectivity index (χ4v) is 7.33. The first-order valence-corrected chi connectivity index (χ1v) is 13.3. The number of nitrogens with two attached hydrogens (primary N) is 1. The van der Waals surface area contributed by atoms with Gasteiger partial charge in [-0.05, 0) is 48.6 Å². The Hall–Kier alpha value is -3.37. The van der Waals surface area contributed by atoms with Gasteiger partial charge in [0, 0.05) is 22.6 Å². The Morgan fingerprint density at radius 1 is 1.17 bits per heavy atom. The number of methoxy groups -OCH3 is 1. The average molecular weight is 502 g/mol. The number of rotatable bonds is 3. The Morgan fingerprint density at radius 2 is 1.89 bits per heavy atom. The van der Waals surface area contributed by atoms with E-state index in [-0.39, 0.29) is 17.0 Å². The minimum Gasteiger partial charge on any atom is -0.465 e. The molecule has 2 aromatic rings. The molecule has 3 aliphatic rings. The van der Waals surface area contributed by atoms with E-state index in [0.29, 0.717) is 34.6 Å². The van der Waals surface area contributed by atoms with Crippen LogP contribution in [0.2, 0.25) is 0 Å². The predicted octanol–water partition coefficient (Wildman–Crippen LogP) is 5.74. The summed E-state index contributed by atoms with van der Waals surface area (Å²) in [7, 11) is 1.40. The number of nitrogens with zero attached hydrogens (tertiary/aromatic N) is 2. The minimum atomic E-state index is -0.523. The van der Waals surface area contributed by atoms with Crippen molar-refractivity contribution in [1.29, 1.82) is 5.26 Å². The Kier molecular flexibility index (Phi) is 6.25. The number of carbonyl (C=O) groups is 2. The van der Waals surface area contributed by atoms with Gasteiger partial charge in [0.25, 0.3) is 0 Å². The number of anilines is 1. The third-order valence-corrected chi connectivity index (χ3v) is 8.79. The number of thiophene rings is 1. The second kappa shape index (κ2) is 9.25. The zero-order valence-electron chi connectivity index (χ0n) is 21.0. The van der Waals surface area contributed by atoms with Gasteiger partial charge in [0.05, 0.1) is 30.2 Å². The molecule has 1 aromatic heterocycles. The van der Waals surface area contributed by atoms with Crippen LogP contribution in [0.1, 0.15) is 78.2 Å². The number of hydrogen-bond acceptors (Lipinski definition) is 7. The highest BCUT2D eigenvalue weighted by atomic mass is 32.1. The van der Waals surface area contributed by atoms with Crippen molar-refractivity contribution < 1.29 is 14.3 Å². The van der Waals surface area contributed by atoms with Gasteiger partial charge in [-0.25, -0.2) is 4.79 Å². The maximum absolute atomic E-state index is 13.7. The summed E-state index contributed by atoms with van der Waals surface area (Å²) in [5.74, 6) is -0.606. The molecule has 7 heteroatoms. The van der Waals surface area contributed by atoms with Crippen molar-refractivity contribution in [3.63, 3.8) is 0 Å². The molecule has 0 fully saturated rings. The van der Waals surface area contributed by atoms with Gasteiger partial charge < -0.3 is 10.5 Å². The zero-order valence-corrected chi connectivity index (χ0v) is 21.8. The van der Waals surface area contributed by atoms with Gasteiger partial charge in [0.15, 0.2) is 5.78 Å². The topological polar surface area (TPSA) is 96.4 Å². The Balaban J connectivity index is 1.80. The SMILES string of the molecule is COC(=O)c1c(N2C(N)=C(C#N)C(c3ccccc3)C3=C2CC(C)(C)CC3=O)sc2c1CCCCC2. The Labute approximate surface area is 216 Å². The van der Waals surface area contributed by atoms with Crippen LogP contribution in [0.5, 0.6) is 0 Å². The first-order chi connectivity index (χ1) is 17.3. The van der Waals surface area contributed by atoms with Crippen LogP contribution >= 0.6 is 11.3 Å². The number of aryl methyl sites for hydroxylation is 1. The van der Waals surface area contributed by atoms with Crippen LogP contribution in [-0.2, 0) is 22.4 Å². The van der Waals surface area contributed by atoms with Crippen LogP contribution in [0.4, 0.5) is 5.00 Å². The number of hydrogen-bond donors (Lipinski definition) is 1. The van der Waals surface area contributed by atoms with Gasteiger partial charge >= 0.3 is 5.97 Å². The Bertz CT molecular complexity index is 1340. The van der Waals surface area contributed by atoms with Crippen molar-refractivity contribution in [2.45, 2.75) is 64.7 Å². The van der Waals surface area contributed by atoms with Gasteiger partial charge in [-0.2, -0.15) is 5.26 Å². The van der Waals surface area contributed by atoms with Crippen molar-refractivity contribution in [2.75, 3.05) is 12.0 Å². The van der Waals surface area contributed by atoms with Gasteiger partial charge in [0.2, 0.25) is 0 Å². The van der Waals surface area contributed by atoms with Crippen molar-refractivity contribution >= 4 is 28.1 Å². The van der Waals surface area contributed by atoms with E-state index in [1.807, 2.05) is 35.2 Å². The lowest BCUT2D eigenvalue weighted by atomic mass is 9.68. The normalized spacial score (nSPS) is 21.4. The third-order valence-electron chi connectivity index (χ3n) is 7.51. The standard InChI is InChI=1S/C29H31N3O3S/c1-29(2)14-20-25(21(33)15-29)23(17-10-6-4-7-11-17)19(16-30)26(31)32(20)27-24(28(34)35-3)18-12-8-5-9-13-22(18)36-27/h4,6-7,10-11,23H,5,8-9,12-15,31H2,1-3H3. The van der Waals surface area contributed by atoms with E-state index in [1.54, 1.807) is 11.3 Å². The minimum absolute atomic E-state index is 0.0260. The summed E-state index contributed by atoms with van der Waals surface area (Å²) in [6.07, 6.45) is 5.91. The third kappa shape index (κ3) is 3.94. The highest BCUT2D eigenvalue weighted by molar-refractivity contribution is 7.16. The van der Waals surface area contributed by atoms with E-state index in [2.05, 4.69) is 19.9 Å². The van der Waals surface area contributed by atoms with E-state index in [0.717, 1.165) is 48.9 Å². The lowest BCUT2D eigenvalue weighted by Gasteiger charge is -2.43. The number of nitriles is 1. The summed E-state index contributed by atoms with van der Waals surface area (Å²) >= 11 is 1.55. The number of allylic oxidation sites excluding steroid dienone is 3. The quantitative estimate of drug-likeness (QED) is 0.425. The van der Waals surface area contributed by atoms with Gasteiger partial charge in [-0.1, -0.05) is 50.6 Å². The molecule has 0 amide bonds. The smallest absolute Gasteiger partial charge is 0.341 e. The molecule has 0 saturated heterocycles. The van der Waals surface area contributed by atoms with E-state index in [9.17, 15) is 14.9 Å². The molecular weight excluding hydrogens is 470 g/mol. The molecule has 1 unspecified atom stereocenters.